The van der Waals surface area contributed by atoms with Crippen molar-refractivity contribution in [2.24, 2.45) is 11.5 Å². The van der Waals surface area contributed by atoms with E-state index in [9.17, 15) is 0 Å². The van der Waals surface area contributed by atoms with Crippen LogP contribution in [0.1, 0.15) is 10.4 Å². The van der Waals surface area contributed by atoms with E-state index in [4.69, 9.17) is 31.1 Å². The molecule has 0 saturated heterocycles. The maximum atomic E-state index is 7.50. The third-order valence-corrected chi connectivity index (χ3v) is 5.18. The highest BCUT2D eigenvalue weighted by Gasteiger charge is 2.13. The lowest BCUT2D eigenvalue weighted by Crippen LogP contribution is -2.10. The Balaban J connectivity index is 1.59. The van der Waals surface area contributed by atoms with Gasteiger partial charge in [-0.2, -0.15) is 0 Å². The maximum Gasteiger partial charge on any atom is 0.170 e. The van der Waals surface area contributed by atoms with Gasteiger partial charge in [0.05, 0.1) is 9.75 Å². The van der Waals surface area contributed by atoms with E-state index in [0.29, 0.717) is 33.5 Å². The first-order chi connectivity index (χ1) is 13.0. The van der Waals surface area contributed by atoms with Crippen molar-refractivity contribution >= 4 is 23.0 Å². The number of nitrogen functional groups attached to an aromatic ring is 2. The Morgan fingerprint density at radius 2 is 1.26 bits per heavy atom. The Kier molecular flexibility index (Phi) is 4.13. The number of nitrogens with one attached hydrogen (secondary N) is 2. The Morgan fingerprint density at radius 3 is 1.85 bits per heavy atom. The van der Waals surface area contributed by atoms with Crippen LogP contribution in [0.4, 0.5) is 0 Å². The van der Waals surface area contributed by atoms with Gasteiger partial charge < -0.3 is 20.3 Å². The number of benzene rings is 1. The first-order valence-corrected chi connectivity index (χ1v) is 8.92. The summed E-state index contributed by atoms with van der Waals surface area (Å²) in [7, 11) is 0. The molecular formula is C20H16N4O2S. The second kappa shape index (κ2) is 6.62. The summed E-state index contributed by atoms with van der Waals surface area (Å²) in [5, 5.41) is 14.9. The van der Waals surface area contributed by atoms with Gasteiger partial charge in [-0.15, -0.1) is 11.3 Å². The Labute approximate surface area is 159 Å². The van der Waals surface area contributed by atoms with Gasteiger partial charge in [0.1, 0.15) is 23.2 Å². The van der Waals surface area contributed by atoms with Crippen molar-refractivity contribution < 1.29 is 8.83 Å². The van der Waals surface area contributed by atoms with Crippen molar-refractivity contribution in [1.29, 1.82) is 10.8 Å². The molecule has 3 aromatic heterocycles. The lowest BCUT2D eigenvalue weighted by Gasteiger charge is -2.00. The second-order valence-corrected chi connectivity index (χ2v) is 6.98. The van der Waals surface area contributed by atoms with Gasteiger partial charge in [-0.1, -0.05) is 24.3 Å². The normalized spacial score (nSPS) is 10.8. The number of thiophene rings is 1. The molecule has 0 aliphatic rings. The van der Waals surface area contributed by atoms with Gasteiger partial charge in [-0.05, 0) is 36.4 Å². The zero-order valence-electron chi connectivity index (χ0n) is 14.2. The summed E-state index contributed by atoms with van der Waals surface area (Å²) in [6.45, 7) is 0. The molecule has 0 atom stereocenters. The van der Waals surface area contributed by atoms with Gasteiger partial charge in [-0.3, -0.25) is 10.8 Å². The first-order valence-electron chi connectivity index (χ1n) is 8.11. The van der Waals surface area contributed by atoms with Crippen LogP contribution in [0.2, 0.25) is 0 Å². The molecule has 0 spiro atoms. The highest BCUT2D eigenvalue weighted by atomic mass is 32.1. The predicted molar refractivity (Wildman–Crippen MR) is 107 cm³/mol. The number of rotatable bonds is 5. The molecule has 0 fully saturated rings. The summed E-state index contributed by atoms with van der Waals surface area (Å²) in [5.74, 6) is 2.72. The van der Waals surface area contributed by atoms with Crippen LogP contribution in [0.25, 0.3) is 33.5 Å². The van der Waals surface area contributed by atoms with Crippen molar-refractivity contribution in [2.45, 2.75) is 0 Å². The molecule has 0 unspecified atom stereocenters. The van der Waals surface area contributed by atoms with E-state index >= 15 is 0 Å². The van der Waals surface area contributed by atoms with Crippen molar-refractivity contribution in [3.05, 3.63) is 71.1 Å². The number of furan rings is 2. The topological polar surface area (TPSA) is 126 Å². The number of amidine groups is 2. The SMILES string of the molecule is N=C(N)c1ccc(-c2ccc(-c3ccc(-c4ccc(C(=N)N)s4)o3)o2)cc1. The van der Waals surface area contributed by atoms with Gasteiger partial charge in [0.15, 0.2) is 11.5 Å². The Morgan fingerprint density at radius 1 is 0.667 bits per heavy atom. The number of nitrogens with two attached hydrogens (primary N) is 2. The molecule has 27 heavy (non-hydrogen) atoms. The fraction of sp³-hybridized carbons (Fsp3) is 0. The lowest BCUT2D eigenvalue weighted by atomic mass is 10.1. The lowest BCUT2D eigenvalue weighted by molar-refractivity contribution is 0.539. The average Bonchev–Trinajstić information content (AvgIpc) is 3.40. The number of hydrogen-bond donors (Lipinski definition) is 4. The van der Waals surface area contributed by atoms with Gasteiger partial charge in [0, 0.05) is 11.1 Å². The zero-order chi connectivity index (χ0) is 19.0. The largest absolute Gasteiger partial charge is 0.453 e. The van der Waals surface area contributed by atoms with Crippen LogP contribution in [0, 0.1) is 10.8 Å². The van der Waals surface area contributed by atoms with E-state index in [-0.39, 0.29) is 11.7 Å². The minimum atomic E-state index is 0.0336. The fourth-order valence-corrected chi connectivity index (χ4v) is 3.49. The van der Waals surface area contributed by atoms with Crippen LogP contribution in [-0.4, -0.2) is 11.7 Å². The van der Waals surface area contributed by atoms with Crippen LogP contribution in [0.5, 0.6) is 0 Å². The first kappa shape index (κ1) is 16.9. The summed E-state index contributed by atoms with van der Waals surface area (Å²) in [6.07, 6.45) is 0. The van der Waals surface area contributed by atoms with Gasteiger partial charge in [-0.25, -0.2) is 0 Å². The molecule has 0 bridgehead atoms. The molecule has 6 nitrogen and oxygen atoms in total. The summed E-state index contributed by atoms with van der Waals surface area (Å²) in [5.41, 5.74) is 12.6. The van der Waals surface area contributed by atoms with E-state index in [0.717, 1.165) is 10.4 Å². The molecule has 134 valence electrons. The highest BCUT2D eigenvalue weighted by Crippen LogP contribution is 2.35. The van der Waals surface area contributed by atoms with Gasteiger partial charge >= 0.3 is 0 Å². The van der Waals surface area contributed by atoms with E-state index in [1.54, 1.807) is 18.2 Å². The molecule has 0 saturated carbocycles. The van der Waals surface area contributed by atoms with E-state index in [1.807, 2.05) is 42.5 Å². The summed E-state index contributed by atoms with van der Waals surface area (Å²) in [4.78, 5) is 1.61. The maximum absolute atomic E-state index is 7.50. The summed E-state index contributed by atoms with van der Waals surface area (Å²) in [6, 6.07) is 18.4. The van der Waals surface area contributed by atoms with Crippen molar-refractivity contribution in [1.82, 2.24) is 0 Å². The average molecular weight is 376 g/mol. The van der Waals surface area contributed by atoms with Crippen molar-refractivity contribution in [3.8, 4) is 33.5 Å². The molecule has 0 radical (unpaired) electrons. The second-order valence-electron chi connectivity index (χ2n) is 5.90. The van der Waals surface area contributed by atoms with E-state index in [1.165, 1.54) is 11.3 Å². The van der Waals surface area contributed by atoms with Crippen LogP contribution in [0.3, 0.4) is 0 Å². The van der Waals surface area contributed by atoms with Gasteiger partial charge in [0.2, 0.25) is 0 Å². The molecule has 0 amide bonds. The molecule has 7 heteroatoms. The predicted octanol–water partition coefficient (Wildman–Crippen LogP) is 4.50. The molecule has 4 aromatic rings. The number of hydrogen-bond acceptors (Lipinski definition) is 5. The standard InChI is InChI=1S/C20H16N4O2S/c21-19(22)12-3-1-11(2-4-12)13-5-6-14(25-13)15-7-8-16(26-15)17-9-10-18(27-17)20(23)24/h1-10H,(H3,21,22)(H3,23,24). The molecule has 4 rings (SSSR count). The molecule has 1 aromatic carbocycles. The minimum absolute atomic E-state index is 0.0336. The van der Waals surface area contributed by atoms with Crippen LogP contribution in [-0.2, 0) is 0 Å². The Bertz CT molecular complexity index is 1130. The molecular weight excluding hydrogens is 360 g/mol. The monoisotopic (exact) mass is 376 g/mol. The third-order valence-electron chi connectivity index (χ3n) is 4.05. The van der Waals surface area contributed by atoms with Crippen molar-refractivity contribution in [2.75, 3.05) is 0 Å². The van der Waals surface area contributed by atoms with Crippen LogP contribution < -0.4 is 11.5 Å². The van der Waals surface area contributed by atoms with E-state index < -0.39 is 0 Å². The van der Waals surface area contributed by atoms with E-state index in [2.05, 4.69) is 0 Å². The Hall–Kier alpha value is -3.58. The zero-order valence-corrected chi connectivity index (χ0v) is 15.0. The quantitative estimate of drug-likeness (QED) is 0.302. The highest BCUT2D eigenvalue weighted by molar-refractivity contribution is 7.17. The van der Waals surface area contributed by atoms with Crippen LogP contribution >= 0.6 is 11.3 Å². The summed E-state index contributed by atoms with van der Waals surface area (Å²) >= 11 is 1.41. The molecule has 0 aliphatic carbocycles. The molecule has 0 aliphatic heterocycles. The van der Waals surface area contributed by atoms with Gasteiger partial charge in [0.25, 0.3) is 0 Å². The molecule has 6 N–H and O–H groups in total. The third kappa shape index (κ3) is 3.28. The van der Waals surface area contributed by atoms with Crippen molar-refractivity contribution in [3.63, 3.8) is 0 Å². The fourth-order valence-electron chi connectivity index (χ4n) is 2.66. The minimum Gasteiger partial charge on any atom is -0.453 e. The van der Waals surface area contributed by atoms with Crippen LogP contribution in [0.15, 0.2) is 69.5 Å². The summed E-state index contributed by atoms with van der Waals surface area (Å²) < 4.78 is 11.8. The smallest absolute Gasteiger partial charge is 0.170 e. The molecule has 3 heterocycles.